The van der Waals surface area contributed by atoms with Crippen LogP contribution >= 0.6 is 0 Å². The summed E-state index contributed by atoms with van der Waals surface area (Å²) in [6.07, 6.45) is 6.35. The average Bonchev–Trinajstić information content (AvgIpc) is 1.86. The van der Waals surface area contributed by atoms with E-state index in [0.717, 1.165) is 6.26 Å². The Labute approximate surface area is 58.8 Å². The summed E-state index contributed by atoms with van der Waals surface area (Å²) in [6.45, 7) is 0. The topological polar surface area (TPSA) is 52.6 Å². The SMILES string of the molecule is C#CC1C=COS(=O)(=O)O1. The Bertz CT molecular complexity index is 281. The Morgan fingerprint density at radius 1 is 1.60 bits per heavy atom. The van der Waals surface area contributed by atoms with Crippen molar-refractivity contribution in [3.63, 3.8) is 0 Å². The smallest absolute Gasteiger partial charge is 0.370 e. The van der Waals surface area contributed by atoms with Crippen molar-refractivity contribution >= 4 is 10.4 Å². The molecule has 10 heavy (non-hydrogen) atoms. The molecule has 0 bridgehead atoms. The summed E-state index contributed by atoms with van der Waals surface area (Å²) in [5.74, 6) is 2.09. The monoisotopic (exact) mass is 160 g/mol. The molecule has 0 radical (unpaired) electrons. The summed E-state index contributed by atoms with van der Waals surface area (Å²) in [5, 5.41) is 0. The second-order valence-electron chi connectivity index (χ2n) is 1.52. The summed E-state index contributed by atoms with van der Waals surface area (Å²) in [5.41, 5.74) is 0. The molecule has 0 saturated heterocycles. The van der Waals surface area contributed by atoms with Gasteiger partial charge < -0.3 is 4.18 Å². The quantitative estimate of drug-likeness (QED) is 0.460. The second-order valence-corrected chi connectivity index (χ2v) is 2.72. The van der Waals surface area contributed by atoms with E-state index in [4.69, 9.17) is 6.42 Å². The summed E-state index contributed by atoms with van der Waals surface area (Å²) < 4.78 is 29.2. The van der Waals surface area contributed by atoms with Crippen LogP contribution in [-0.4, -0.2) is 14.5 Å². The fraction of sp³-hybridized carbons (Fsp3) is 0.200. The van der Waals surface area contributed by atoms with Crippen LogP contribution in [-0.2, 0) is 18.8 Å². The molecule has 0 saturated carbocycles. The molecule has 1 atom stereocenters. The van der Waals surface area contributed by atoms with Crippen LogP contribution in [0.25, 0.3) is 0 Å². The Morgan fingerprint density at radius 3 is 2.70 bits per heavy atom. The zero-order valence-corrected chi connectivity index (χ0v) is 5.67. The third-order valence-electron chi connectivity index (χ3n) is 0.813. The highest BCUT2D eigenvalue weighted by Gasteiger charge is 2.20. The van der Waals surface area contributed by atoms with Gasteiger partial charge in [-0.1, -0.05) is 5.92 Å². The van der Waals surface area contributed by atoms with Gasteiger partial charge >= 0.3 is 10.4 Å². The molecule has 1 aliphatic rings. The zero-order chi connectivity index (χ0) is 7.61. The van der Waals surface area contributed by atoms with Gasteiger partial charge in [-0.15, -0.1) is 6.42 Å². The molecule has 0 spiro atoms. The lowest BCUT2D eigenvalue weighted by Gasteiger charge is -2.10. The van der Waals surface area contributed by atoms with Gasteiger partial charge in [0.05, 0.1) is 0 Å². The summed E-state index contributed by atoms with van der Waals surface area (Å²) in [4.78, 5) is 0. The predicted molar refractivity (Wildman–Crippen MR) is 32.9 cm³/mol. The Hall–Kier alpha value is -0.990. The van der Waals surface area contributed by atoms with Gasteiger partial charge in [-0.2, -0.15) is 8.42 Å². The van der Waals surface area contributed by atoms with Crippen LogP contribution in [0.4, 0.5) is 0 Å². The first-order valence-electron chi connectivity index (χ1n) is 2.38. The first kappa shape index (κ1) is 7.12. The minimum Gasteiger partial charge on any atom is -0.370 e. The maximum Gasteiger partial charge on any atom is 0.449 e. The molecule has 1 rings (SSSR count). The largest absolute Gasteiger partial charge is 0.449 e. The predicted octanol–water partition coefficient (Wildman–Crippen LogP) is -0.207. The molecular weight excluding hydrogens is 156 g/mol. The normalized spacial score (nSPS) is 28.5. The molecule has 1 aliphatic heterocycles. The number of hydrogen-bond acceptors (Lipinski definition) is 4. The maximum absolute atomic E-state index is 10.4. The molecule has 0 aliphatic carbocycles. The van der Waals surface area contributed by atoms with E-state index in [2.05, 4.69) is 14.3 Å². The molecule has 0 aromatic rings. The third kappa shape index (κ3) is 1.50. The van der Waals surface area contributed by atoms with E-state index in [1.165, 1.54) is 6.08 Å². The lowest BCUT2D eigenvalue weighted by Crippen LogP contribution is -2.19. The van der Waals surface area contributed by atoms with Gasteiger partial charge in [0, 0.05) is 0 Å². The van der Waals surface area contributed by atoms with E-state index < -0.39 is 16.5 Å². The van der Waals surface area contributed by atoms with Crippen LogP contribution in [0.5, 0.6) is 0 Å². The van der Waals surface area contributed by atoms with Crippen LogP contribution in [0.1, 0.15) is 0 Å². The molecule has 5 heteroatoms. The highest BCUT2D eigenvalue weighted by atomic mass is 32.3. The minimum atomic E-state index is -3.87. The fourth-order valence-corrected chi connectivity index (χ4v) is 1.06. The van der Waals surface area contributed by atoms with E-state index in [0.29, 0.717) is 0 Å². The maximum atomic E-state index is 10.4. The summed E-state index contributed by atoms with van der Waals surface area (Å²) in [6, 6.07) is 0. The van der Waals surface area contributed by atoms with Crippen molar-refractivity contribution < 1.29 is 16.8 Å². The van der Waals surface area contributed by atoms with Crippen molar-refractivity contribution in [1.82, 2.24) is 0 Å². The molecule has 4 nitrogen and oxygen atoms in total. The highest BCUT2D eigenvalue weighted by molar-refractivity contribution is 7.82. The number of terminal acetylenes is 1. The van der Waals surface area contributed by atoms with Crippen molar-refractivity contribution in [2.75, 3.05) is 0 Å². The first-order valence-corrected chi connectivity index (χ1v) is 3.72. The Kier molecular flexibility index (Phi) is 1.66. The van der Waals surface area contributed by atoms with Crippen molar-refractivity contribution in [1.29, 1.82) is 0 Å². The summed E-state index contributed by atoms with van der Waals surface area (Å²) >= 11 is 0. The van der Waals surface area contributed by atoms with E-state index in [1.54, 1.807) is 0 Å². The van der Waals surface area contributed by atoms with Gasteiger partial charge in [-0.05, 0) is 6.08 Å². The van der Waals surface area contributed by atoms with Gasteiger partial charge in [-0.25, -0.2) is 4.18 Å². The summed E-state index contributed by atoms with van der Waals surface area (Å²) in [7, 11) is -3.87. The molecule has 1 unspecified atom stereocenters. The average molecular weight is 160 g/mol. The van der Waals surface area contributed by atoms with E-state index >= 15 is 0 Å². The second kappa shape index (κ2) is 2.33. The minimum absolute atomic E-state index is 0.834. The van der Waals surface area contributed by atoms with E-state index in [1.807, 2.05) is 0 Å². The molecule has 0 fully saturated rings. The fourth-order valence-electron chi connectivity index (χ4n) is 0.437. The first-order chi connectivity index (χ1) is 4.64. The van der Waals surface area contributed by atoms with Crippen molar-refractivity contribution in [3.8, 4) is 12.3 Å². The van der Waals surface area contributed by atoms with Crippen LogP contribution in [0.3, 0.4) is 0 Å². The van der Waals surface area contributed by atoms with Crippen LogP contribution in [0.15, 0.2) is 12.3 Å². The molecule has 0 aromatic carbocycles. The van der Waals surface area contributed by atoms with Crippen molar-refractivity contribution in [3.05, 3.63) is 12.3 Å². The Balaban J connectivity index is 2.85. The molecule has 1 heterocycles. The van der Waals surface area contributed by atoms with Crippen LogP contribution in [0.2, 0.25) is 0 Å². The molecular formula is C5H4O4S. The zero-order valence-electron chi connectivity index (χ0n) is 4.85. The number of hydrogen-bond donors (Lipinski definition) is 0. The molecule has 0 amide bonds. The third-order valence-corrected chi connectivity index (χ3v) is 1.60. The van der Waals surface area contributed by atoms with Gasteiger partial charge in [0.15, 0.2) is 6.10 Å². The molecule has 0 aromatic heterocycles. The highest BCUT2D eigenvalue weighted by Crippen LogP contribution is 2.08. The van der Waals surface area contributed by atoms with E-state index in [9.17, 15) is 8.42 Å². The van der Waals surface area contributed by atoms with Gasteiger partial charge in [0.1, 0.15) is 6.26 Å². The van der Waals surface area contributed by atoms with Crippen molar-refractivity contribution in [2.45, 2.75) is 6.10 Å². The molecule has 54 valence electrons. The van der Waals surface area contributed by atoms with Gasteiger partial charge in [0.25, 0.3) is 0 Å². The Morgan fingerprint density at radius 2 is 2.30 bits per heavy atom. The standard InChI is InChI=1S/C5H4O4S/c1-2-5-3-4-8-10(6,7)9-5/h1,3-5H. The number of rotatable bonds is 0. The van der Waals surface area contributed by atoms with Gasteiger partial charge in [0.2, 0.25) is 0 Å². The van der Waals surface area contributed by atoms with Gasteiger partial charge in [-0.3, -0.25) is 0 Å². The molecule has 0 N–H and O–H groups in total. The van der Waals surface area contributed by atoms with Crippen LogP contribution in [0, 0.1) is 12.3 Å². The van der Waals surface area contributed by atoms with Crippen molar-refractivity contribution in [2.24, 2.45) is 0 Å². The van der Waals surface area contributed by atoms with E-state index in [-0.39, 0.29) is 0 Å². The van der Waals surface area contributed by atoms with Crippen LogP contribution < -0.4 is 0 Å². The lowest BCUT2D eigenvalue weighted by molar-refractivity contribution is 0.229. The lowest BCUT2D eigenvalue weighted by atomic mass is 10.4.